The van der Waals surface area contributed by atoms with Gasteiger partial charge >= 0.3 is 0 Å². The Kier molecular flexibility index (Phi) is 2.11. The minimum Gasteiger partial charge on any atom is -0.506 e. The van der Waals surface area contributed by atoms with Crippen LogP contribution in [0.3, 0.4) is 0 Å². The molecule has 0 saturated carbocycles. The van der Waals surface area contributed by atoms with Crippen molar-refractivity contribution in [3.05, 3.63) is 53.0 Å². The van der Waals surface area contributed by atoms with Crippen molar-refractivity contribution in [1.29, 1.82) is 0 Å². The van der Waals surface area contributed by atoms with E-state index < -0.39 is 0 Å². The lowest BCUT2D eigenvalue weighted by Crippen LogP contribution is -1.78. The molecule has 0 heterocycles. The number of hydrogen-bond donors (Lipinski definition) is 1. The lowest BCUT2D eigenvalue weighted by Gasteiger charge is -2.05. The van der Waals surface area contributed by atoms with Crippen molar-refractivity contribution in [3.8, 4) is 5.75 Å². The summed E-state index contributed by atoms with van der Waals surface area (Å²) in [5, 5.41) is 14.2. The highest BCUT2D eigenvalue weighted by Crippen LogP contribution is 2.34. The van der Waals surface area contributed by atoms with Gasteiger partial charge in [0, 0.05) is 5.39 Å². The van der Waals surface area contributed by atoms with Gasteiger partial charge in [0.05, 0.1) is 4.47 Å². The van der Waals surface area contributed by atoms with Crippen molar-refractivity contribution in [1.82, 2.24) is 0 Å². The van der Waals surface area contributed by atoms with Gasteiger partial charge in [-0.2, -0.15) is 0 Å². The molecule has 3 aromatic carbocycles. The van der Waals surface area contributed by atoms with E-state index in [1.807, 2.05) is 30.3 Å². The van der Waals surface area contributed by atoms with Crippen LogP contribution >= 0.6 is 15.9 Å². The summed E-state index contributed by atoms with van der Waals surface area (Å²) in [7, 11) is 0. The number of phenols is 1. The van der Waals surface area contributed by atoms with Crippen LogP contribution in [0.2, 0.25) is 0 Å². The Morgan fingerprint density at radius 2 is 1.50 bits per heavy atom. The summed E-state index contributed by atoms with van der Waals surface area (Å²) in [5.74, 6) is 0.309. The fourth-order valence-corrected chi connectivity index (χ4v) is 2.32. The lowest BCUT2D eigenvalue weighted by molar-refractivity contribution is 0.478. The third-order valence-corrected chi connectivity index (χ3v) is 3.45. The van der Waals surface area contributed by atoms with Crippen LogP contribution in [0, 0.1) is 0 Å². The Morgan fingerprint density at radius 1 is 0.812 bits per heavy atom. The van der Waals surface area contributed by atoms with Crippen molar-refractivity contribution < 1.29 is 5.11 Å². The van der Waals surface area contributed by atoms with Crippen LogP contribution in [0.1, 0.15) is 0 Å². The van der Waals surface area contributed by atoms with Crippen molar-refractivity contribution in [3.63, 3.8) is 0 Å². The van der Waals surface area contributed by atoms with Crippen LogP contribution in [0.4, 0.5) is 0 Å². The van der Waals surface area contributed by atoms with E-state index in [4.69, 9.17) is 0 Å². The fourth-order valence-electron chi connectivity index (χ4n) is 1.97. The zero-order chi connectivity index (χ0) is 11.1. The molecule has 0 aliphatic heterocycles. The molecule has 16 heavy (non-hydrogen) atoms. The smallest absolute Gasteiger partial charge is 0.137 e. The Balaban J connectivity index is 2.51. The molecule has 0 aliphatic carbocycles. The molecule has 3 rings (SSSR count). The van der Waals surface area contributed by atoms with Gasteiger partial charge in [0.15, 0.2) is 0 Å². The first-order valence-electron chi connectivity index (χ1n) is 5.06. The van der Waals surface area contributed by atoms with Gasteiger partial charge in [-0.05, 0) is 50.3 Å². The van der Waals surface area contributed by atoms with Crippen LogP contribution in [0.5, 0.6) is 5.75 Å². The summed E-state index contributed by atoms with van der Waals surface area (Å²) in [5.41, 5.74) is 0. The second-order valence-corrected chi connectivity index (χ2v) is 4.67. The molecule has 0 amide bonds. The molecule has 0 bridgehead atoms. The molecule has 2 heteroatoms. The molecule has 0 saturated heterocycles. The van der Waals surface area contributed by atoms with Crippen molar-refractivity contribution in [2.45, 2.75) is 0 Å². The molecule has 0 spiro atoms. The topological polar surface area (TPSA) is 20.2 Å². The Bertz CT molecular complexity index is 689. The monoisotopic (exact) mass is 272 g/mol. The average molecular weight is 273 g/mol. The van der Waals surface area contributed by atoms with Gasteiger partial charge in [-0.1, -0.05) is 30.3 Å². The average Bonchev–Trinajstić information content (AvgIpc) is 2.32. The molecular weight excluding hydrogens is 264 g/mol. The molecule has 0 fully saturated rings. The largest absolute Gasteiger partial charge is 0.506 e. The van der Waals surface area contributed by atoms with E-state index in [1.165, 1.54) is 5.39 Å². The number of hydrogen-bond acceptors (Lipinski definition) is 1. The van der Waals surface area contributed by atoms with Gasteiger partial charge in [-0.25, -0.2) is 0 Å². The third-order valence-electron chi connectivity index (χ3n) is 2.81. The SMILES string of the molecule is Oc1c(Br)ccc2cc3ccccc3cc12. The maximum absolute atomic E-state index is 9.97. The Morgan fingerprint density at radius 3 is 2.25 bits per heavy atom. The highest BCUT2D eigenvalue weighted by molar-refractivity contribution is 9.10. The van der Waals surface area contributed by atoms with Gasteiger partial charge in [-0.3, -0.25) is 0 Å². The summed E-state index contributed by atoms with van der Waals surface area (Å²) in [6.07, 6.45) is 0. The fraction of sp³-hybridized carbons (Fsp3) is 0. The predicted octanol–water partition coefficient (Wildman–Crippen LogP) is 4.46. The van der Waals surface area contributed by atoms with Gasteiger partial charge in [0.1, 0.15) is 5.75 Å². The molecule has 1 N–H and O–H groups in total. The van der Waals surface area contributed by atoms with Crippen LogP contribution in [0.15, 0.2) is 53.0 Å². The van der Waals surface area contributed by atoms with Gasteiger partial charge in [-0.15, -0.1) is 0 Å². The summed E-state index contributed by atoms with van der Waals surface area (Å²) in [6.45, 7) is 0. The second kappa shape index (κ2) is 3.49. The molecule has 0 aliphatic rings. The quantitative estimate of drug-likeness (QED) is 0.599. The summed E-state index contributed by atoms with van der Waals surface area (Å²) in [4.78, 5) is 0. The zero-order valence-corrected chi connectivity index (χ0v) is 10.0. The first-order chi connectivity index (χ1) is 7.75. The van der Waals surface area contributed by atoms with E-state index in [2.05, 4.69) is 34.1 Å². The molecule has 0 atom stereocenters. The van der Waals surface area contributed by atoms with E-state index in [0.29, 0.717) is 5.75 Å². The first kappa shape index (κ1) is 9.67. The Labute approximate surface area is 101 Å². The number of rotatable bonds is 0. The highest BCUT2D eigenvalue weighted by Gasteiger charge is 2.05. The van der Waals surface area contributed by atoms with Gasteiger partial charge in [0.2, 0.25) is 0 Å². The molecule has 0 aromatic heterocycles. The van der Waals surface area contributed by atoms with Crippen molar-refractivity contribution in [2.75, 3.05) is 0 Å². The number of phenolic OH excluding ortho intramolecular Hbond substituents is 1. The number of aromatic hydroxyl groups is 1. The van der Waals surface area contributed by atoms with Crippen LogP contribution in [0.25, 0.3) is 21.5 Å². The highest BCUT2D eigenvalue weighted by atomic mass is 79.9. The maximum Gasteiger partial charge on any atom is 0.137 e. The normalized spacial score (nSPS) is 11.1. The van der Waals surface area contributed by atoms with Gasteiger partial charge in [0.25, 0.3) is 0 Å². The van der Waals surface area contributed by atoms with Crippen molar-refractivity contribution in [2.24, 2.45) is 0 Å². The minimum absolute atomic E-state index is 0.309. The van der Waals surface area contributed by atoms with Crippen molar-refractivity contribution >= 4 is 37.5 Å². The van der Waals surface area contributed by atoms with E-state index in [0.717, 1.165) is 20.6 Å². The second-order valence-electron chi connectivity index (χ2n) is 3.82. The van der Waals surface area contributed by atoms with E-state index in [9.17, 15) is 5.11 Å². The predicted molar refractivity (Wildman–Crippen MR) is 70.8 cm³/mol. The van der Waals surface area contributed by atoms with Crippen LogP contribution < -0.4 is 0 Å². The molecule has 0 unspecified atom stereocenters. The lowest BCUT2D eigenvalue weighted by atomic mass is 10.0. The third kappa shape index (κ3) is 1.38. The van der Waals surface area contributed by atoms with E-state index >= 15 is 0 Å². The van der Waals surface area contributed by atoms with E-state index in [1.54, 1.807) is 0 Å². The summed E-state index contributed by atoms with van der Waals surface area (Å²) < 4.78 is 0.732. The standard InChI is InChI=1S/C14H9BrO/c15-13-6-5-11-7-9-3-1-2-4-10(9)8-12(11)14(13)16/h1-8,16H. The Hall–Kier alpha value is -1.54. The molecule has 3 aromatic rings. The number of fused-ring (bicyclic) bond motifs is 2. The van der Waals surface area contributed by atoms with Gasteiger partial charge < -0.3 is 5.11 Å². The molecule has 0 radical (unpaired) electrons. The van der Waals surface area contributed by atoms with E-state index in [-0.39, 0.29) is 0 Å². The minimum atomic E-state index is 0.309. The first-order valence-corrected chi connectivity index (χ1v) is 5.85. The number of benzene rings is 3. The summed E-state index contributed by atoms with van der Waals surface area (Å²) in [6, 6.07) is 16.1. The molecule has 1 nitrogen and oxygen atoms in total. The van der Waals surface area contributed by atoms with Crippen LogP contribution in [-0.4, -0.2) is 5.11 Å². The number of halogens is 1. The molecular formula is C14H9BrO. The maximum atomic E-state index is 9.97. The summed E-state index contributed by atoms with van der Waals surface area (Å²) >= 11 is 3.33. The van der Waals surface area contributed by atoms with Crippen LogP contribution in [-0.2, 0) is 0 Å². The zero-order valence-electron chi connectivity index (χ0n) is 8.44. The molecule has 78 valence electrons.